The molecule has 1 amide bonds. The minimum Gasteiger partial charge on any atom is -0.470 e. The molecule has 5 nitrogen and oxygen atoms in total. The number of ether oxygens (including phenoxy) is 2. The lowest BCUT2D eigenvalue weighted by Gasteiger charge is -2.47. The van der Waals surface area contributed by atoms with E-state index in [1.54, 1.807) is 0 Å². The van der Waals surface area contributed by atoms with Gasteiger partial charge in [-0.25, -0.2) is 0 Å². The van der Waals surface area contributed by atoms with Gasteiger partial charge in [0, 0.05) is 0 Å². The first kappa shape index (κ1) is 18.3. The van der Waals surface area contributed by atoms with Crippen molar-refractivity contribution in [2.24, 2.45) is 5.41 Å². The minimum atomic E-state index is -0.480. The molecule has 1 aliphatic rings. The second kappa shape index (κ2) is 6.83. The van der Waals surface area contributed by atoms with Crippen molar-refractivity contribution in [2.45, 2.75) is 65.7 Å². The Bertz CT molecular complexity index is 597. The molecule has 0 saturated carbocycles. The van der Waals surface area contributed by atoms with Crippen LogP contribution in [0.1, 0.15) is 53.0 Å². The highest BCUT2D eigenvalue weighted by Crippen LogP contribution is 2.39. The average molecular weight is 333 g/mol. The third kappa shape index (κ3) is 3.89. The minimum absolute atomic E-state index is 0.0547. The fraction of sp³-hybridized carbons (Fsp3) is 0.579. The van der Waals surface area contributed by atoms with Gasteiger partial charge in [0.15, 0.2) is 6.23 Å². The highest BCUT2D eigenvalue weighted by atomic mass is 16.6. The maximum Gasteiger partial charge on any atom is 0.310 e. The van der Waals surface area contributed by atoms with Crippen LogP contribution in [0.25, 0.3) is 0 Å². The summed E-state index contributed by atoms with van der Waals surface area (Å²) < 4.78 is 11.2. The van der Waals surface area contributed by atoms with Crippen molar-refractivity contribution in [3.63, 3.8) is 0 Å². The van der Waals surface area contributed by atoms with E-state index in [0.29, 0.717) is 5.75 Å². The van der Waals surface area contributed by atoms with Crippen molar-refractivity contribution in [3.8, 4) is 5.75 Å². The molecular formula is C19H27NO4. The van der Waals surface area contributed by atoms with Gasteiger partial charge in [-0.05, 0) is 51.3 Å². The van der Waals surface area contributed by atoms with Gasteiger partial charge in [0.1, 0.15) is 16.8 Å². The molecule has 0 bridgehead atoms. The van der Waals surface area contributed by atoms with Gasteiger partial charge in [0.05, 0.1) is 6.42 Å². The van der Waals surface area contributed by atoms with E-state index in [2.05, 4.69) is 5.32 Å². The molecule has 1 aromatic carbocycles. The molecule has 1 aliphatic heterocycles. The van der Waals surface area contributed by atoms with Crippen molar-refractivity contribution in [1.82, 2.24) is 5.32 Å². The van der Waals surface area contributed by atoms with E-state index in [1.807, 2.05) is 58.9 Å². The Kier molecular flexibility index (Phi) is 5.21. The highest BCUT2D eigenvalue weighted by Gasteiger charge is 2.54. The van der Waals surface area contributed by atoms with E-state index < -0.39 is 11.0 Å². The molecule has 0 radical (unpaired) electrons. The number of carbonyl (C=O) groups excluding carboxylic acids is 2. The lowest BCUT2D eigenvalue weighted by Crippen LogP contribution is -2.69. The predicted molar refractivity (Wildman–Crippen MR) is 91.6 cm³/mol. The molecule has 1 fully saturated rings. The Balaban J connectivity index is 1.96. The third-order valence-electron chi connectivity index (χ3n) is 4.42. The number of β-lactam (4-membered cyclic amide) rings is 1. The second-order valence-electron chi connectivity index (χ2n) is 7.24. The molecule has 2 rings (SSSR count). The second-order valence-corrected chi connectivity index (χ2v) is 7.24. The van der Waals surface area contributed by atoms with Crippen LogP contribution in [0.5, 0.6) is 5.75 Å². The van der Waals surface area contributed by atoms with Crippen LogP contribution in [0.3, 0.4) is 0 Å². The first-order valence-corrected chi connectivity index (χ1v) is 8.48. The van der Waals surface area contributed by atoms with E-state index in [-0.39, 0.29) is 24.5 Å². The summed E-state index contributed by atoms with van der Waals surface area (Å²) >= 11 is 0. The first-order valence-electron chi connectivity index (χ1n) is 8.48. The van der Waals surface area contributed by atoms with E-state index in [0.717, 1.165) is 18.4 Å². The van der Waals surface area contributed by atoms with Crippen LogP contribution in [0.4, 0.5) is 0 Å². The van der Waals surface area contributed by atoms with Crippen molar-refractivity contribution in [2.75, 3.05) is 0 Å². The number of amides is 1. The lowest BCUT2D eigenvalue weighted by molar-refractivity contribution is -0.162. The maximum absolute atomic E-state index is 11.9. The topological polar surface area (TPSA) is 64.6 Å². The van der Waals surface area contributed by atoms with Crippen LogP contribution in [-0.4, -0.2) is 23.7 Å². The summed E-state index contributed by atoms with van der Waals surface area (Å²) in [5, 5.41) is 2.82. The molecule has 24 heavy (non-hydrogen) atoms. The number of hydrogen-bond acceptors (Lipinski definition) is 4. The molecule has 132 valence electrons. The average Bonchev–Trinajstić information content (AvgIpc) is 2.48. The largest absolute Gasteiger partial charge is 0.470 e. The molecule has 0 spiro atoms. The lowest BCUT2D eigenvalue weighted by atomic mass is 9.73. The predicted octanol–water partition coefficient (Wildman–Crippen LogP) is 3.21. The first-order chi connectivity index (χ1) is 11.2. The monoisotopic (exact) mass is 333 g/mol. The van der Waals surface area contributed by atoms with Crippen LogP contribution in [0, 0.1) is 5.41 Å². The number of nitrogens with one attached hydrogen (secondary N) is 1. The van der Waals surface area contributed by atoms with Gasteiger partial charge >= 0.3 is 5.97 Å². The Morgan fingerprint density at radius 1 is 1.17 bits per heavy atom. The van der Waals surface area contributed by atoms with E-state index in [4.69, 9.17) is 9.47 Å². The molecule has 1 N–H and O–H groups in total. The molecular weight excluding hydrogens is 306 g/mol. The summed E-state index contributed by atoms with van der Waals surface area (Å²) in [6.45, 7) is 9.55. The molecule has 5 heteroatoms. The Morgan fingerprint density at radius 2 is 1.75 bits per heavy atom. The zero-order valence-electron chi connectivity index (χ0n) is 15.1. The van der Waals surface area contributed by atoms with Gasteiger partial charge in [-0.15, -0.1) is 0 Å². The quantitative estimate of drug-likeness (QED) is 0.641. The summed E-state index contributed by atoms with van der Waals surface area (Å²) in [4.78, 5) is 23.7. The van der Waals surface area contributed by atoms with Crippen LogP contribution >= 0.6 is 0 Å². The van der Waals surface area contributed by atoms with Gasteiger partial charge in [0.25, 0.3) is 0 Å². The molecule has 1 atom stereocenters. The smallest absolute Gasteiger partial charge is 0.310 e. The molecule has 1 aromatic rings. The molecule has 1 heterocycles. The molecule has 1 unspecified atom stereocenters. The highest BCUT2D eigenvalue weighted by molar-refractivity contribution is 5.89. The summed E-state index contributed by atoms with van der Waals surface area (Å²) in [7, 11) is 0. The normalized spacial score (nSPS) is 19.2. The summed E-state index contributed by atoms with van der Waals surface area (Å²) in [5.74, 6) is 0.483. The van der Waals surface area contributed by atoms with Gasteiger partial charge in [-0.1, -0.05) is 26.0 Å². The summed E-state index contributed by atoms with van der Waals surface area (Å²) in [6, 6.07) is 7.33. The molecule has 0 aromatic heterocycles. The zero-order valence-corrected chi connectivity index (χ0v) is 15.1. The van der Waals surface area contributed by atoms with Crippen LogP contribution in [0.2, 0.25) is 0 Å². The Morgan fingerprint density at radius 3 is 2.21 bits per heavy atom. The van der Waals surface area contributed by atoms with Crippen LogP contribution < -0.4 is 10.1 Å². The zero-order chi connectivity index (χ0) is 18.0. The SMILES string of the molecule is CCC1(CC)C(=O)NC1Oc1ccc(CC(=O)OC(C)(C)C)cc1. The van der Waals surface area contributed by atoms with Crippen LogP contribution in [0.15, 0.2) is 24.3 Å². The Labute approximate surface area is 143 Å². The summed E-state index contributed by atoms with van der Waals surface area (Å²) in [6.07, 6.45) is 1.43. The number of carbonyl (C=O) groups is 2. The number of rotatable bonds is 6. The third-order valence-corrected chi connectivity index (χ3v) is 4.42. The number of esters is 1. The summed E-state index contributed by atoms with van der Waals surface area (Å²) in [5.41, 5.74) is -0.0482. The van der Waals surface area contributed by atoms with Crippen LogP contribution in [-0.2, 0) is 20.7 Å². The van der Waals surface area contributed by atoms with E-state index in [9.17, 15) is 9.59 Å². The molecule has 1 saturated heterocycles. The maximum atomic E-state index is 11.9. The van der Waals surface area contributed by atoms with Crippen molar-refractivity contribution in [1.29, 1.82) is 0 Å². The molecule has 0 aliphatic carbocycles. The van der Waals surface area contributed by atoms with Gasteiger partial charge in [-0.3, -0.25) is 9.59 Å². The standard InChI is InChI=1S/C19H27NO4/c1-6-19(7-2)16(22)20-17(19)23-14-10-8-13(9-11-14)12-15(21)24-18(3,4)5/h8-11,17H,6-7,12H2,1-5H3,(H,20,22). The van der Waals surface area contributed by atoms with E-state index >= 15 is 0 Å². The fourth-order valence-corrected chi connectivity index (χ4v) is 2.89. The fourth-order valence-electron chi connectivity index (χ4n) is 2.89. The Hall–Kier alpha value is -2.04. The van der Waals surface area contributed by atoms with Gasteiger partial charge in [0.2, 0.25) is 5.91 Å². The van der Waals surface area contributed by atoms with Crippen molar-refractivity contribution < 1.29 is 19.1 Å². The van der Waals surface area contributed by atoms with Crippen molar-refractivity contribution >= 4 is 11.9 Å². The number of hydrogen-bond donors (Lipinski definition) is 1. The van der Waals surface area contributed by atoms with Gasteiger partial charge < -0.3 is 14.8 Å². The van der Waals surface area contributed by atoms with Gasteiger partial charge in [-0.2, -0.15) is 0 Å². The number of benzene rings is 1. The van der Waals surface area contributed by atoms with Crippen molar-refractivity contribution in [3.05, 3.63) is 29.8 Å². The van der Waals surface area contributed by atoms with E-state index in [1.165, 1.54) is 0 Å².